The van der Waals surface area contributed by atoms with Gasteiger partial charge in [-0.25, -0.2) is 4.98 Å². The highest BCUT2D eigenvalue weighted by Crippen LogP contribution is 2.39. The number of nitro groups is 1. The molecule has 1 aliphatic carbocycles. The third kappa shape index (κ3) is 3.24. The lowest BCUT2D eigenvalue weighted by molar-refractivity contribution is -0.384. The quantitative estimate of drug-likeness (QED) is 0.354. The van der Waals surface area contributed by atoms with Crippen molar-refractivity contribution in [3.63, 3.8) is 0 Å². The summed E-state index contributed by atoms with van der Waals surface area (Å²) in [6.45, 7) is 0.471. The third-order valence-corrected chi connectivity index (χ3v) is 6.66. The van der Waals surface area contributed by atoms with Crippen LogP contribution in [0.2, 0.25) is 0 Å². The summed E-state index contributed by atoms with van der Waals surface area (Å²) in [5, 5.41) is 11.8. The number of amides is 1. The average molecular weight is 422 g/mol. The summed E-state index contributed by atoms with van der Waals surface area (Å²) in [7, 11) is 0. The van der Waals surface area contributed by atoms with Crippen LogP contribution in [0.15, 0.2) is 58.5 Å². The summed E-state index contributed by atoms with van der Waals surface area (Å²) < 4.78 is 1.73. The van der Waals surface area contributed by atoms with E-state index in [1.807, 2.05) is 18.2 Å². The Kier molecular flexibility index (Phi) is 4.54. The second-order valence-corrected chi connectivity index (χ2v) is 8.65. The van der Waals surface area contributed by atoms with Crippen molar-refractivity contribution in [2.45, 2.75) is 35.7 Å². The van der Waals surface area contributed by atoms with E-state index < -0.39 is 4.92 Å². The van der Waals surface area contributed by atoms with Gasteiger partial charge < -0.3 is 4.90 Å². The maximum atomic E-state index is 13.1. The van der Waals surface area contributed by atoms with Crippen LogP contribution in [0, 0.1) is 10.1 Å². The van der Waals surface area contributed by atoms with Crippen LogP contribution < -0.4 is 10.5 Å². The number of nitrogens with zero attached hydrogens (tertiary/aromatic N) is 4. The molecular formula is C21H18N4O4S. The smallest absolute Gasteiger partial charge is 0.271 e. The zero-order valence-corrected chi connectivity index (χ0v) is 16.7. The van der Waals surface area contributed by atoms with Crippen LogP contribution in [0.5, 0.6) is 0 Å². The molecule has 1 saturated heterocycles. The normalized spacial score (nSPS) is 18.9. The second kappa shape index (κ2) is 7.24. The van der Waals surface area contributed by atoms with Gasteiger partial charge in [0.2, 0.25) is 5.91 Å². The van der Waals surface area contributed by atoms with Crippen molar-refractivity contribution >= 4 is 39.9 Å². The van der Waals surface area contributed by atoms with E-state index in [4.69, 9.17) is 4.98 Å². The Morgan fingerprint density at radius 1 is 1.07 bits per heavy atom. The van der Waals surface area contributed by atoms with Crippen molar-refractivity contribution in [3.05, 3.63) is 69.0 Å². The molecule has 1 aliphatic heterocycles. The van der Waals surface area contributed by atoms with Gasteiger partial charge in [-0.3, -0.25) is 24.3 Å². The molecule has 5 rings (SSSR count). The monoisotopic (exact) mass is 422 g/mol. The predicted octanol–water partition coefficient (Wildman–Crippen LogP) is 3.54. The van der Waals surface area contributed by atoms with Gasteiger partial charge >= 0.3 is 0 Å². The number of carbonyl (C=O) groups excluding carboxylic acids is 1. The summed E-state index contributed by atoms with van der Waals surface area (Å²) in [6, 6.07) is 13.5. The molecule has 0 radical (unpaired) electrons. The van der Waals surface area contributed by atoms with Gasteiger partial charge in [0, 0.05) is 24.7 Å². The number of fused-ring (bicyclic) bond motifs is 1. The number of anilines is 1. The molecule has 2 heterocycles. The Morgan fingerprint density at radius 3 is 2.63 bits per heavy atom. The number of hydrogen-bond donors (Lipinski definition) is 0. The zero-order valence-electron chi connectivity index (χ0n) is 15.9. The Morgan fingerprint density at radius 2 is 1.87 bits per heavy atom. The third-order valence-electron chi connectivity index (χ3n) is 5.44. The largest absolute Gasteiger partial charge is 0.311 e. The van der Waals surface area contributed by atoms with Crippen molar-refractivity contribution in [2.24, 2.45) is 0 Å². The topological polar surface area (TPSA) is 98.3 Å². The minimum Gasteiger partial charge on any atom is -0.311 e. The van der Waals surface area contributed by atoms with Crippen LogP contribution in [0.1, 0.15) is 25.3 Å². The SMILES string of the molecule is O=C1C(Sc2nc3ccccc3c(=O)n2C2CC2)CCN1c1cccc([N+](=O)[O-])c1. The highest BCUT2D eigenvalue weighted by Gasteiger charge is 2.36. The number of aromatic nitrogens is 2. The molecule has 1 atom stereocenters. The first-order valence-electron chi connectivity index (χ1n) is 9.77. The summed E-state index contributed by atoms with van der Waals surface area (Å²) in [6.07, 6.45) is 2.46. The molecule has 1 unspecified atom stereocenters. The molecule has 9 heteroatoms. The second-order valence-electron chi connectivity index (χ2n) is 7.48. The fourth-order valence-electron chi connectivity index (χ4n) is 3.78. The van der Waals surface area contributed by atoms with Gasteiger partial charge in [-0.1, -0.05) is 30.0 Å². The lowest BCUT2D eigenvalue weighted by Crippen LogP contribution is -2.29. The Hall–Kier alpha value is -3.20. The van der Waals surface area contributed by atoms with E-state index in [9.17, 15) is 19.7 Å². The van der Waals surface area contributed by atoms with E-state index in [1.165, 1.54) is 23.9 Å². The van der Waals surface area contributed by atoms with Gasteiger partial charge in [0.05, 0.1) is 26.8 Å². The molecule has 30 heavy (non-hydrogen) atoms. The molecule has 1 amide bonds. The number of hydrogen-bond acceptors (Lipinski definition) is 6. The first kappa shape index (κ1) is 18.8. The molecule has 0 N–H and O–H groups in total. The van der Waals surface area contributed by atoms with E-state index in [0.29, 0.717) is 34.7 Å². The maximum absolute atomic E-state index is 13.1. The van der Waals surface area contributed by atoms with Gasteiger partial charge in [0.15, 0.2) is 5.16 Å². The van der Waals surface area contributed by atoms with Crippen LogP contribution in [0.4, 0.5) is 11.4 Å². The fourth-order valence-corrected chi connectivity index (χ4v) is 4.99. The highest BCUT2D eigenvalue weighted by atomic mass is 32.2. The number of para-hydroxylation sites is 1. The van der Waals surface area contributed by atoms with Crippen LogP contribution in [0.3, 0.4) is 0 Å². The van der Waals surface area contributed by atoms with E-state index in [2.05, 4.69) is 0 Å². The minimum absolute atomic E-state index is 0.0461. The summed E-state index contributed by atoms with van der Waals surface area (Å²) in [5.74, 6) is -0.120. The highest BCUT2D eigenvalue weighted by molar-refractivity contribution is 8.00. The van der Waals surface area contributed by atoms with Crippen molar-refractivity contribution in [1.82, 2.24) is 9.55 Å². The summed E-state index contributed by atoms with van der Waals surface area (Å²) >= 11 is 1.32. The number of benzene rings is 2. The number of rotatable bonds is 5. The van der Waals surface area contributed by atoms with E-state index in [0.717, 1.165) is 12.8 Å². The lowest BCUT2D eigenvalue weighted by Gasteiger charge is -2.17. The Bertz CT molecular complexity index is 1240. The molecule has 152 valence electrons. The first-order chi connectivity index (χ1) is 14.5. The maximum Gasteiger partial charge on any atom is 0.271 e. The van der Waals surface area contributed by atoms with Crippen molar-refractivity contribution in [3.8, 4) is 0 Å². The van der Waals surface area contributed by atoms with Crippen LogP contribution in [-0.2, 0) is 4.79 Å². The van der Waals surface area contributed by atoms with Gasteiger partial charge in [0.1, 0.15) is 0 Å². The Balaban J connectivity index is 1.46. The number of thioether (sulfide) groups is 1. The van der Waals surface area contributed by atoms with Crippen molar-refractivity contribution in [1.29, 1.82) is 0 Å². The molecule has 1 saturated carbocycles. The fraction of sp³-hybridized carbons (Fsp3) is 0.286. The van der Waals surface area contributed by atoms with Gasteiger partial charge in [0.25, 0.3) is 11.2 Å². The van der Waals surface area contributed by atoms with E-state index in [1.54, 1.807) is 27.7 Å². The van der Waals surface area contributed by atoms with E-state index >= 15 is 0 Å². The molecule has 2 aromatic carbocycles. The molecule has 1 aromatic heterocycles. The molecule has 2 aliphatic rings. The molecule has 8 nitrogen and oxygen atoms in total. The molecular weight excluding hydrogens is 404 g/mol. The number of nitro benzene ring substituents is 1. The molecule has 2 fully saturated rings. The average Bonchev–Trinajstić information content (AvgIpc) is 3.52. The zero-order chi connectivity index (χ0) is 20.8. The summed E-state index contributed by atoms with van der Waals surface area (Å²) in [4.78, 5) is 42.9. The van der Waals surface area contributed by atoms with Gasteiger partial charge in [-0.15, -0.1) is 0 Å². The Labute approximate surface area is 175 Å². The summed E-state index contributed by atoms with van der Waals surface area (Å²) in [5.41, 5.74) is 1.04. The van der Waals surface area contributed by atoms with Crippen LogP contribution in [0.25, 0.3) is 10.9 Å². The van der Waals surface area contributed by atoms with Gasteiger partial charge in [-0.05, 0) is 37.5 Å². The van der Waals surface area contributed by atoms with Crippen molar-refractivity contribution < 1.29 is 9.72 Å². The number of non-ortho nitro benzene ring substituents is 1. The predicted molar refractivity (Wildman–Crippen MR) is 114 cm³/mol. The van der Waals surface area contributed by atoms with Crippen LogP contribution in [-0.4, -0.2) is 32.2 Å². The first-order valence-corrected chi connectivity index (χ1v) is 10.6. The molecule has 3 aromatic rings. The van der Waals surface area contributed by atoms with E-state index in [-0.39, 0.29) is 28.4 Å². The minimum atomic E-state index is -0.469. The molecule has 0 spiro atoms. The van der Waals surface area contributed by atoms with Gasteiger partial charge in [-0.2, -0.15) is 0 Å². The lowest BCUT2D eigenvalue weighted by atomic mass is 10.2. The van der Waals surface area contributed by atoms with Crippen molar-refractivity contribution in [2.75, 3.05) is 11.4 Å². The van der Waals surface area contributed by atoms with Crippen LogP contribution >= 0.6 is 11.8 Å². The standard InChI is InChI=1S/C21H18N4O4S/c26-19-16-6-1-2-7-17(16)22-21(24(19)13-8-9-13)30-18-10-11-23(20(18)27)14-4-3-5-15(12-14)25(28)29/h1-7,12-13,18H,8-11H2. The number of carbonyl (C=O) groups is 1. The molecule has 0 bridgehead atoms.